The Bertz CT molecular complexity index is 617. The van der Waals surface area contributed by atoms with Crippen molar-refractivity contribution in [2.75, 3.05) is 6.16 Å². The molecule has 0 fully saturated rings. The molecule has 3 nitrogen and oxygen atoms in total. The van der Waals surface area contributed by atoms with Crippen LogP contribution in [-0.2, 0) is 4.57 Å². The van der Waals surface area contributed by atoms with E-state index in [-0.39, 0.29) is 6.04 Å². The first-order valence-electron chi connectivity index (χ1n) is 6.00. The van der Waals surface area contributed by atoms with Gasteiger partial charge in [0.2, 0.25) is 0 Å². The Morgan fingerprint density at radius 3 is 2.78 bits per heavy atom. The highest BCUT2D eigenvalue weighted by Gasteiger charge is 2.34. The van der Waals surface area contributed by atoms with E-state index in [2.05, 4.69) is 4.98 Å². The fraction of sp³-hybridized carbons (Fsp3) is 0.214. The summed E-state index contributed by atoms with van der Waals surface area (Å²) in [5.41, 5.74) is 1.17. The van der Waals surface area contributed by atoms with Crippen LogP contribution in [0.1, 0.15) is 13.0 Å². The van der Waals surface area contributed by atoms with Gasteiger partial charge in [0, 0.05) is 23.9 Å². The number of benzene rings is 1. The van der Waals surface area contributed by atoms with Crippen molar-refractivity contribution in [2.24, 2.45) is 0 Å². The van der Waals surface area contributed by atoms with Crippen molar-refractivity contribution in [3.63, 3.8) is 0 Å². The molecule has 3 rings (SSSR count). The van der Waals surface area contributed by atoms with Crippen LogP contribution in [0.2, 0.25) is 0 Å². The van der Waals surface area contributed by atoms with Crippen LogP contribution in [0.3, 0.4) is 0 Å². The molecule has 92 valence electrons. The van der Waals surface area contributed by atoms with E-state index < -0.39 is 7.14 Å². The number of rotatable bonds is 2. The van der Waals surface area contributed by atoms with Gasteiger partial charge in [0.05, 0.1) is 12.4 Å². The molecule has 0 N–H and O–H groups in total. The summed E-state index contributed by atoms with van der Waals surface area (Å²) in [6.45, 7) is 2.05. The minimum absolute atomic E-state index is 0.179. The molecule has 2 aromatic rings. The maximum atomic E-state index is 13.0. The fourth-order valence-electron chi connectivity index (χ4n) is 2.51. The predicted octanol–water partition coefficient (Wildman–Crippen LogP) is 3.03. The van der Waals surface area contributed by atoms with Crippen LogP contribution in [0.25, 0.3) is 0 Å². The maximum Gasteiger partial charge on any atom is 0.138 e. The molecule has 1 aliphatic rings. The van der Waals surface area contributed by atoms with Crippen LogP contribution in [0.15, 0.2) is 60.4 Å². The van der Waals surface area contributed by atoms with E-state index in [9.17, 15) is 4.57 Å². The van der Waals surface area contributed by atoms with Gasteiger partial charge in [-0.2, -0.15) is 0 Å². The Morgan fingerprint density at radius 1 is 1.33 bits per heavy atom. The molecule has 2 atom stereocenters. The highest BCUT2D eigenvalue weighted by atomic mass is 31.2. The third kappa shape index (κ3) is 1.85. The lowest BCUT2D eigenvalue weighted by molar-refractivity contribution is 0.577. The lowest BCUT2D eigenvalue weighted by Gasteiger charge is -2.15. The number of nitrogens with zero attached hydrogens (tertiary/aromatic N) is 2. The van der Waals surface area contributed by atoms with Gasteiger partial charge < -0.3 is 9.13 Å². The topological polar surface area (TPSA) is 34.9 Å². The smallest absolute Gasteiger partial charge is 0.138 e. The summed E-state index contributed by atoms with van der Waals surface area (Å²) in [6, 6.07) is 9.95. The van der Waals surface area contributed by atoms with Crippen molar-refractivity contribution in [3.05, 3.63) is 60.4 Å². The molecular formula is C14H15N2OP. The standard InChI is InChI=1S/C14H15N2OP/c1-12-9-18(17,13-5-3-2-4-6-13)10-14(12)16-8-7-15-11-16/h2-9,11,14H,10H2,1H3. The van der Waals surface area contributed by atoms with Gasteiger partial charge in [-0.3, -0.25) is 0 Å². The summed E-state index contributed by atoms with van der Waals surface area (Å²) in [7, 11) is -2.39. The number of hydrogen-bond acceptors (Lipinski definition) is 2. The molecule has 1 aromatic carbocycles. The summed E-state index contributed by atoms with van der Waals surface area (Å²) in [6.07, 6.45) is 6.16. The number of imidazole rings is 1. The van der Waals surface area contributed by atoms with Crippen LogP contribution in [0.5, 0.6) is 0 Å². The zero-order valence-corrected chi connectivity index (χ0v) is 11.1. The lowest BCUT2D eigenvalue weighted by atomic mass is 10.2. The molecule has 0 aliphatic carbocycles. The Balaban J connectivity index is 1.97. The highest BCUT2D eigenvalue weighted by molar-refractivity contribution is 7.74. The molecule has 0 amide bonds. The van der Waals surface area contributed by atoms with Crippen LogP contribution in [0, 0.1) is 0 Å². The van der Waals surface area contributed by atoms with E-state index >= 15 is 0 Å². The van der Waals surface area contributed by atoms with E-state index in [0.29, 0.717) is 6.16 Å². The Kier molecular flexibility index (Phi) is 2.71. The van der Waals surface area contributed by atoms with Gasteiger partial charge >= 0.3 is 0 Å². The summed E-state index contributed by atoms with van der Waals surface area (Å²) < 4.78 is 15.1. The molecule has 0 saturated heterocycles. The summed E-state index contributed by atoms with van der Waals surface area (Å²) in [4.78, 5) is 4.07. The van der Waals surface area contributed by atoms with E-state index in [1.54, 1.807) is 12.5 Å². The Hall–Kier alpha value is -1.60. The van der Waals surface area contributed by atoms with Crippen molar-refractivity contribution in [1.29, 1.82) is 0 Å². The first-order valence-corrected chi connectivity index (χ1v) is 7.96. The van der Waals surface area contributed by atoms with Crippen LogP contribution in [0.4, 0.5) is 0 Å². The van der Waals surface area contributed by atoms with Crippen molar-refractivity contribution >= 4 is 12.4 Å². The largest absolute Gasteiger partial charge is 0.330 e. The molecule has 4 heteroatoms. The molecule has 0 radical (unpaired) electrons. The second-order valence-corrected chi connectivity index (χ2v) is 7.44. The van der Waals surface area contributed by atoms with E-state index in [1.807, 2.05) is 53.8 Å². The summed E-state index contributed by atoms with van der Waals surface area (Å²) in [5, 5.41) is 0.951. The summed E-state index contributed by atoms with van der Waals surface area (Å²) >= 11 is 0. The average molecular weight is 258 g/mol. The average Bonchev–Trinajstić information content (AvgIpc) is 2.99. The van der Waals surface area contributed by atoms with Crippen molar-refractivity contribution in [1.82, 2.24) is 9.55 Å². The zero-order chi connectivity index (χ0) is 12.6. The third-order valence-corrected chi connectivity index (χ3v) is 6.34. The minimum Gasteiger partial charge on any atom is -0.330 e. The molecular weight excluding hydrogens is 243 g/mol. The predicted molar refractivity (Wildman–Crippen MR) is 73.6 cm³/mol. The first kappa shape index (κ1) is 11.5. The maximum absolute atomic E-state index is 13.0. The number of hydrogen-bond donors (Lipinski definition) is 0. The van der Waals surface area contributed by atoms with Crippen molar-refractivity contribution in [2.45, 2.75) is 13.0 Å². The quantitative estimate of drug-likeness (QED) is 0.776. The molecule has 18 heavy (non-hydrogen) atoms. The first-order chi connectivity index (χ1) is 8.69. The van der Waals surface area contributed by atoms with Crippen LogP contribution < -0.4 is 5.30 Å². The monoisotopic (exact) mass is 258 g/mol. The van der Waals surface area contributed by atoms with Gasteiger partial charge in [0.1, 0.15) is 7.14 Å². The Labute approximate surface area is 107 Å². The SMILES string of the molecule is CC1=CP(=O)(c2ccccc2)CC1n1ccnc1. The molecule has 2 heterocycles. The van der Waals surface area contributed by atoms with Gasteiger partial charge in [-0.05, 0) is 18.3 Å². The molecule has 1 aliphatic heterocycles. The third-order valence-electron chi connectivity index (χ3n) is 3.46. The number of allylic oxidation sites excluding steroid dienone is 1. The second-order valence-electron chi connectivity index (χ2n) is 4.71. The van der Waals surface area contributed by atoms with Gasteiger partial charge in [0.15, 0.2) is 0 Å². The van der Waals surface area contributed by atoms with E-state index in [0.717, 1.165) is 5.30 Å². The van der Waals surface area contributed by atoms with Gasteiger partial charge in [0.25, 0.3) is 0 Å². The molecule has 2 unspecified atom stereocenters. The van der Waals surface area contributed by atoms with Gasteiger partial charge in [-0.15, -0.1) is 0 Å². The molecule has 0 spiro atoms. The normalized spacial score (nSPS) is 27.2. The number of aromatic nitrogens is 2. The Morgan fingerprint density at radius 2 is 2.11 bits per heavy atom. The molecule has 0 saturated carbocycles. The second kappa shape index (κ2) is 4.25. The van der Waals surface area contributed by atoms with Crippen LogP contribution >= 0.6 is 7.14 Å². The molecule has 0 bridgehead atoms. The van der Waals surface area contributed by atoms with E-state index in [4.69, 9.17) is 0 Å². The van der Waals surface area contributed by atoms with Crippen molar-refractivity contribution < 1.29 is 4.57 Å². The van der Waals surface area contributed by atoms with E-state index in [1.165, 1.54) is 5.57 Å². The lowest BCUT2D eigenvalue weighted by Crippen LogP contribution is -2.11. The van der Waals surface area contributed by atoms with Gasteiger partial charge in [-0.25, -0.2) is 4.98 Å². The van der Waals surface area contributed by atoms with Crippen molar-refractivity contribution in [3.8, 4) is 0 Å². The van der Waals surface area contributed by atoms with Gasteiger partial charge in [-0.1, -0.05) is 30.3 Å². The fourth-order valence-corrected chi connectivity index (χ4v) is 5.47. The van der Waals surface area contributed by atoms with Crippen LogP contribution in [-0.4, -0.2) is 15.7 Å². The highest BCUT2D eigenvalue weighted by Crippen LogP contribution is 2.56. The summed E-state index contributed by atoms with van der Waals surface area (Å²) in [5.74, 6) is 1.97. The minimum atomic E-state index is -2.39. The zero-order valence-electron chi connectivity index (χ0n) is 10.2. The molecule has 1 aromatic heterocycles.